The molecule has 0 bridgehead atoms. The zero-order valence-electron chi connectivity index (χ0n) is 9.23. The van der Waals surface area contributed by atoms with Crippen molar-refractivity contribution in [3.63, 3.8) is 0 Å². The van der Waals surface area contributed by atoms with Crippen LogP contribution in [0, 0.1) is 5.92 Å². The van der Waals surface area contributed by atoms with Crippen LogP contribution in [0.2, 0.25) is 0 Å². The molecule has 1 aliphatic carbocycles. The lowest BCUT2D eigenvalue weighted by atomic mass is 10.1. The van der Waals surface area contributed by atoms with Crippen molar-refractivity contribution >= 4 is 11.8 Å². The number of hydrogen-bond acceptors (Lipinski definition) is 3. The van der Waals surface area contributed by atoms with Crippen LogP contribution >= 0.6 is 11.8 Å². The Morgan fingerprint density at radius 2 is 2.19 bits per heavy atom. The molecule has 1 aliphatic heterocycles. The highest BCUT2D eigenvalue weighted by Gasteiger charge is 2.30. The van der Waals surface area contributed by atoms with Crippen LogP contribution in [0.3, 0.4) is 0 Å². The summed E-state index contributed by atoms with van der Waals surface area (Å²) >= 11 is 1.91. The largest absolute Gasteiger partial charge is 0.392 e. The van der Waals surface area contributed by atoms with Gasteiger partial charge in [0.2, 0.25) is 0 Å². The molecular formula is C13H17NOS. The predicted octanol–water partition coefficient (Wildman–Crippen LogP) is 2.19. The van der Waals surface area contributed by atoms with Gasteiger partial charge in [-0.25, -0.2) is 0 Å². The second-order valence-electron chi connectivity index (χ2n) is 4.71. The summed E-state index contributed by atoms with van der Waals surface area (Å²) in [7, 11) is 0. The Bertz CT molecular complexity index is 378. The molecule has 1 fully saturated rings. The predicted molar refractivity (Wildman–Crippen MR) is 66.6 cm³/mol. The first-order valence-corrected chi connectivity index (χ1v) is 6.96. The van der Waals surface area contributed by atoms with Crippen molar-refractivity contribution in [1.82, 2.24) is 5.32 Å². The highest BCUT2D eigenvalue weighted by molar-refractivity contribution is 7.99. The third-order valence-electron chi connectivity index (χ3n) is 3.44. The highest BCUT2D eigenvalue weighted by Crippen LogP contribution is 2.38. The van der Waals surface area contributed by atoms with Crippen molar-refractivity contribution in [2.75, 3.05) is 12.3 Å². The molecule has 16 heavy (non-hydrogen) atoms. The summed E-state index contributed by atoms with van der Waals surface area (Å²) in [6, 6.07) is 8.98. The molecule has 0 spiro atoms. The maximum absolute atomic E-state index is 9.83. The molecular weight excluding hydrogens is 218 g/mol. The van der Waals surface area contributed by atoms with Gasteiger partial charge in [0.05, 0.1) is 6.10 Å². The van der Waals surface area contributed by atoms with Crippen LogP contribution in [-0.4, -0.2) is 23.5 Å². The van der Waals surface area contributed by atoms with Gasteiger partial charge in [-0.1, -0.05) is 18.2 Å². The Morgan fingerprint density at radius 3 is 3.00 bits per heavy atom. The Morgan fingerprint density at radius 1 is 1.38 bits per heavy atom. The van der Waals surface area contributed by atoms with Crippen molar-refractivity contribution < 1.29 is 5.11 Å². The van der Waals surface area contributed by atoms with Gasteiger partial charge in [0.15, 0.2) is 0 Å². The summed E-state index contributed by atoms with van der Waals surface area (Å²) in [5.74, 6) is 1.66. The third-order valence-corrected chi connectivity index (χ3v) is 4.62. The number of hydrogen-bond donors (Lipinski definition) is 2. The summed E-state index contributed by atoms with van der Waals surface area (Å²) in [4.78, 5) is 1.39. The van der Waals surface area contributed by atoms with Crippen LogP contribution in [0.5, 0.6) is 0 Å². The summed E-state index contributed by atoms with van der Waals surface area (Å²) in [5, 5.41) is 13.3. The highest BCUT2D eigenvalue weighted by atomic mass is 32.2. The van der Waals surface area contributed by atoms with E-state index in [1.807, 2.05) is 11.8 Å². The first-order chi connectivity index (χ1) is 7.84. The van der Waals surface area contributed by atoms with Gasteiger partial charge >= 0.3 is 0 Å². The summed E-state index contributed by atoms with van der Waals surface area (Å²) in [5.41, 5.74) is 1.40. The maximum Gasteiger partial charge on any atom is 0.0692 e. The van der Waals surface area contributed by atoms with Crippen molar-refractivity contribution in [2.24, 2.45) is 5.92 Å². The molecule has 1 aromatic rings. The SMILES string of the molecule is OC(CNC1CSc2ccccc21)C1CC1. The smallest absolute Gasteiger partial charge is 0.0692 e. The second kappa shape index (κ2) is 4.40. The van der Waals surface area contributed by atoms with E-state index < -0.39 is 0 Å². The molecule has 0 amide bonds. The van der Waals surface area contributed by atoms with Crippen LogP contribution in [0.15, 0.2) is 29.2 Å². The van der Waals surface area contributed by atoms with Gasteiger partial charge in [-0.3, -0.25) is 0 Å². The molecule has 2 aliphatic rings. The molecule has 1 heterocycles. The van der Waals surface area contributed by atoms with Crippen molar-refractivity contribution in [2.45, 2.75) is 29.9 Å². The molecule has 3 rings (SSSR count). The quantitative estimate of drug-likeness (QED) is 0.839. The van der Waals surface area contributed by atoms with Crippen molar-refractivity contribution in [1.29, 1.82) is 0 Å². The number of fused-ring (bicyclic) bond motifs is 1. The Hall–Kier alpha value is -0.510. The van der Waals surface area contributed by atoms with Gasteiger partial charge in [-0.15, -0.1) is 11.8 Å². The van der Waals surface area contributed by atoms with E-state index in [4.69, 9.17) is 0 Å². The van der Waals surface area contributed by atoms with E-state index in [0.717, 1.165) is 12.3 Å². The van der Waals surface area contributed by atoms with Crippen LogP contribution in [-0.2, 0) is 0 Å². The number of benzene rings is 1. The van der Waals surface area contributed by atoms with Gasteiger partial charge in [0.1, 0.15) is 0 Å². The van der Waals surface area contributed by atoms with E-state index in [1.54, 1.807) is 0 Å². The minimum absolute atomic E-state index is 0.141. The van der Waals surface area contributed by atoms with Crippen LogP contribution in [0.25, 0.3) is 0 Å². The summed E-state index contributed by atoms with van der Waals surface area (Å²) in [6.07, 6.45) is 2.27. The average molecular weight is 235 g/mol. The monoisotopic (exact) mass is 235 g/mol. The van der Waals surface area contributed by atoms with E-state index in [0.29, 0.717) is 12.0 Å². The Kier molecular flexibility index (Phi) is 2.92. The fraction of sp³-hybridized carbons (Fsp3) is 0.538. The topological polar surface area (TPSA) is 32.3 Å². The van der Waals surface area contributed by atoms with Gasteiger partial charge in [-0.2, -0.15) is 0 Å². The molecule has 86 valence electrons. The molecule has 0 saturated heterocycles. The molecule has 1 saturated carbocycles. The molecule has 2 N–H and O–H groups in total. The van der Waals surface area contributed by atoms with Crippen molar-refractivity contribution in [3.8, 4) is 0 Å². The maximum atomic E-state index is 9.83. The first-order valence-electron chi connectivity index (χ1n) is 5.98. The molecule has 2 atom stereocenters. The van der Waals surface area contributed by atoms with E-state index in [2.05, 4.69) is 29.6 Å². The van der Waals surface area contributed by atoms with E-state index in [9.17, 15) is 5.11 Å². The molecule has 1 aromatic carbocycles. The van der Waals surface area contributed by atoms with Crippen molar-refractivity contribution in [3.05, 3.63) is 29.8 Å². The normalized spacial score (nSPS) is 25.4. The standard InChI is InChI=1S/C13H17NOS/c15-12(9-5-6-9)7-14-11-8-16-13-4-2-1-3-10(11)13/h1-4,9,11-12,14-15H,5-8H2. The second-order valence-corrected chi connectivity index (χ2v) is 5.78. The fourth-order valence-electron chi connectivity index (χ4n) is 2.24. The molecule has 0 radical (unpaired) electrons. The minimum atomic E-state index is -0.141. The van der Waals surface area contributed by atoms with Gasteiger partial charge in [-0.05, 0) is 30.4 Å². The number of rotatable bonds is 4. The zero-order valence-corrected chi connectivity index (χ0v) is 10.0. The Balaban J connectivity index is 1.60. The van der Waals surface area contributed by atoms with Gasteiger partial charge < -0.3 is 10.4 Å². The summed E-state index contributed by atoms with van der Waals surface area (Å²) < 4.78 is 0. The summed E-state index contributed by atoms with van der Waals surface area (Å²) in [6.45, 7) is 0.740. The van der Waals surface area contributed by atoms with Gasteiger partial charge in [0, 0.05) is 23.2 Å². The van der Waals surface area contributed by atoms with E-state index >= 15 is 0 Å². The number of nitrogens with one attached hydrogen (secondary N) is 1. The van der Waals surface area contributed by atoms with Crippen LogP contribution < -0.4 is 5.32 Å². The lowest BCUT2D eigenvalue weighted by Crippen LogP contribution is -2.31. The zero-order chi connectivity index (χ0) is 11.0. The molecule has 3 heteroatoms. The lowest BCUT2D eigenvalue weighted by Gasteiger charge is -2.16. The number of thioether (sulfide) groups is 1. The fourth-order valence-corrected chi connectivity index (χ4v) is 3.44. The number of aliphatic hydroxyl groups is 1. The van der Waals surface area contributed by atoms with Crippen LogP contribution in [0.4, 0.5) is 0 Å². The number of aliphatic hydroxyl groups excluding tert-OH is 1. The Labute approximate surface area is 100 Å². The molecule has 2 unspecified atom stereocenters. The molecule has 2 nitrogen and oxygen atoms in total. The van der Waals surface area contributed by atoms with Crippen LogP contribution in [0.1, 0.15) is 24.4 Å². The minimum Gasteiger partial charge on any atom is -0.392 e. The van der Waals surface area contributed by atoms with E-state index in [1.165, 1.54) is 23.3 Å². The lowest BCUT2D eigenvalue weighted by molar-refractivity contribution is 0.145. The third kappa shape index (κ3) is 2.12. The van der Waals surface area contributed by atoms with Gasteiger partial charge in [0.25, 0.3) is 0 Å². The molecule has 0 aromatic heterocycles. The first kappa shape index (κ1) is 10.6. The average Bonchev–Trinajstić information content (AvgIpc) is 3.08. The van der Waals surface area contributed by atoms with E-state index in [-0.39, 0.29) is 6.10 Å².